The maximum atomic E-state index is 5.54. The molecule has 0 unspecified atom stereocenters. The Balaban J connectivity index is 1.17. The van der Waals surface area contributed by atoms with Gasteiger partial charge in [-0.2, -0.15) is 0 Å². The van der Waals surface area contributed by atoms with Crippen LogP contribution in [0.1, 0.15) is 228 Å². The number of H-pyrrole nitrogens is 4. The van der Waals surface area contributed by atoms with Crippen molar-refractivity contribution in [2.75, 3.05) is 0 Å². The third-order valence-corrected chi connectivity index (χ3v) is 18.1. The lowest BCUT2D eigenvalue weighted by atomic mass is 9.97. The number of allylic oxidation sites excluding steroid dienone is 8. The normalized spacial score (nSPS) is 13.7. The summed E-state index contributed by atoms with van der Waals surface area (Å²) in [6.07, 6.45) is 16.6. The van der Waals surface area contributed by atoms with E-state index in [2.05, 4.69) is 188 Å². The van der Waals surface area contributed by atoms with E-state index < -0.39 is 0 Å². The molecule has 4 aliphatic rings. The first kappa shape index (κ1) is 56.3. The van der Waals surface area contributed by atoms with Gasteiger partial charge >= 0.3 is 0 Å². The minimum absolute atomic E-state index is 0.938. The van der Waals surface area contributed by atoms with Gasteiger partial charge < -0.3 is 19.9 Å². The first-order valence-corrected chi connectivity index (χ1v) is 31.4. The first-order chi connectivity index (χ1) is 39.9. The number of hydrogen-bond donors (Lipinski definition) is 4. The van der Waals surface area contributed by atoms with Crippen LogP contribution in [0, 0.1) is 0 Å². The summed E-state index contributed by atoms with van der Waals surface area (Å²) in [5.41, 5.74) is 37.3. The molecule has 0 saturated heterocycles. The van der Waals surface area contributed by atoms with Gasteiger partial charge in [-0.15, -0.1) is 0 Å². The average Bonchev–Trinajstić information content (AvgIpc) is 4.39. The first-order valence-electron chi connectivity index (χ1n) is 31.4. The summed E-state index contributed by atoms with van der Waals surface area (Å²) in [7, 11) is 0. The Morgan fingerprint density at radius 1 is 0.305 bits per heavy atom. The van der Waals surface area contributed by atoms with Crippen LogP contribution in [0.15, 0.2) is 84.9 Å². The molecule has 8 heteroatoms. The molecule has 0 fully saturated rings. The van der Waals surface area contributed by atoms with E-state index >= 15 is 0 Å². The molecule has 0 amide bonds. The van der Waals surface area contributed by atoms with Crippen molar-refractivity contribution in [3.05, 3.63) is 153 Å². The van der Waals surface area contributed by atoms with E-state index in [4.69, 9.17) is 19.9 Å². The van der Waals surface area contributed by atoms with Crippen LogP contribution < -0.4 is 0 Å². The lowest BCUT2D eigenvalue weighted by Gasteiger charge is -2.06. The number of aromatic amines is 4. The van der Waals surface area contributed by atoms with E-state index in [1.54, 1.807) is 0 Å². The van der Waals surface area contributed by atoms with Gasteiger partial charge in [-0.05, 0) is 249 Å². The second kappa shape index (κ2) is 24.1. The predicted molar refractivity (Wildman–Crippen MR) is 352 cm³/mol. The number of rotatable bonds is 18. The van der Waals surface area contributed by atoms with Gasteiger partial charge in [0, 0.05) is 55.3 Å². The summed E-state index contributed by atoms with van der Waals surface area (Å²) in [5, 5.41) is 0. The van der Waals surface area contributed by atoms with Crippen LogP contribution in [0.3, 0.4) is 0 Å². The third kappa shape index (κ3) is 10.6. The minimum Gasteiger partial charge on any atom is -0.355 e. The molecule has 16 bridgehead atoms. The van der Waals surface area contributed by atoms with Crippen molar-refractivity contribution in [3.8, 4) is 22.3 Å². The van der Waals surface area contributed by atoms with Crippen LogP contribution in [-0.2, 0) is 25.7 Å². The molecule has 4 N–H and O–H groups in total. The number of unbranched alkanes of at least 4 members (excludes halogenated alkanes) is 4. The summed E-state index contributed by atoms with van der Waals surface area (Å²) in [5.74, 6) is 0. The minimum atomic E-state index is 0.938. The van der Waals surface area contributed by atoms with Crippen molar-refractivity contribution < 1.29 is 0 Å². The molecule has 422 valence electrons. The molecule has 4 aliphatic heterocycles. The Bertz CT molecular complexity index is 3870. The molecule has 82 heavy (non-hydrogen) atoms. The number of nitrogens with zero attached hydrogens (tertiary/aromatic N) is 4. The summed E-state index contributed by atoms with van der Waals surface area (Å²) in [4.78, 5) is 37.8. The second-order valence-corrected chi connectivity index (χ2v) is 23.4. The molecule has 10 heterocycles. The largest absolute Gasteiger partial charge is 0.355 e. The fourth-order valence-corrected chi connectivity index (χ4v) is 13.4. The zero-order chi connectivity index (χ0) is 57.3. The van der Waals surface area contributed by atoms with Crippen LogP contribution >= 0.6 is 0 Å². The van der Waals surface area contributed by atoms with E-state index in [-0.39, 0.29) is 0 Å². The molecule has 7 aromatic rings. The van der Waals surface area contributed by atoms with Crippen LogP contribution in [0.2, 0.25) is 0 Å². The standard InChI is InChI=1S/C74H86N8/c1-13-21-28-55-43(9)61-37-67-51(17-5)53(19-7)69(81-67)39-63-45(11)57(30-23-15-3)71(79-63)41-73-59(33-49(75-73)35-65(55)77-61)47-26-25-27-48(32-47)60-34-50-36-66-56(29-22-14-2)44(10)62(78-66)38-68-52(18-6)54(20-8)70(82-68)40-64-46(12)58(31-24-16-4)72(80-64)42-74(60)76-50/h25-27,32-42,75-76,81-82H,13-24,28-31H2,1-12H3. The maximum Gasteiger partial charge on any atom is 0.0693 e. The number of aryl methyl sites for hydroxylation is 4. The lowest BCUT2D eigenvalue weighted by molar-refractivity contribution is 0.824. The highest BCUT2D eigenvalue weighted by Crippen LogP contribution is 2.42. The van der Waals surface area contributed by atoms with Gasteiger partial charge in [-0.25, -0.2) is 19.9 Å². The van der Waals surface area contributed by atoms with Crippen LogP contribution in [0.4, 0.5) is 0 Å². The van der Waals surface area contributed by atoms with Gasteiger partial charge in [0.05, 0.1) is 45.6 Å². The predicted octanol–water partition coefficient (Wildman–Crippen LogP) is 21.0. The summed E-state index contributed by atoms with van der Waals surface area (Å²) in [6, 6.07) is 32.3. The summed E-state index contributed by atoms with van der Waals surface area (Å²) < 4.78 is 0. The molecule has 11 rings (SSSR count). The van der Waals surface area contributed by atoms with E-state index in [1.807, 2.05) is 0 Å². The van der Waals surface area contributed by atoms with Crippen LogP contribution in [0.25, 0.3) is 111 Å². The molecule has 0 spiro atoms. The smallest absolute Gasteiger partial charge is 0.0693 e. The lowest BCUT2D eigenvalue weighted by Crippen LogP contribution is -1.86. The van der Waals surface area contributed by atoms with E-state index in [1.165, 1.54) is 66.8 Å². The molecular weight excluding hydrogens is 1000 g/mol. The van der Waals surface area contributed by atoms with Crippen molar-refractivity contribution in [2.24, 2.45) is 0 Å². The highest BCUT2D eigenvalue weighted by molar-refractivity contribution is 5.99. The summed E-state index contributed by atoms with van der Waals surface area (Å²) in [6.45, 7) is 27.3. The molecule has 0 atom stereocenters. The van der Waals surface area contributed by atoms with Crippen LogP contribution in [0.5, 0.6) is 0 Å². The highest BCUT2D eigenvalue weighted by atomic mass is 14.8. The van der Waals surface area contributed by atoms with Gasteiger partial charge in [0.15, 0.2) is 0 Å². The Labute approximate surface area is 487 Å². The maximum absolute atomic E-state index is 5.54. The van der Waals surface area contributed by atoms with Crippen molar-refractivity contribution in [1.29, 1.82) is 0 Å². The van der Waals surface area contributed by atoms with Crippen molar-refractivity contribution in [3.63, 3.8) is 0 Å². The Morgan fingerprint density at radius 3 is 0.866 bits per heavy atom. The number of fused-ring (bicyclic) bond motifs is 16. The fourth-order valence-electron chi connectivity index (χ4n) is 13.4. The molecule has 6 aromatic heterocycles. The molecule has 1 aromatic carbocycles. The molecule has 0 radical (unpaired) electrons. The van der Waals surface area contributed by atoms with E-state index in [0.29, 0.717) is 0 Å². The zero-order valence-corrected chi connectivity index (χ0v) is 51.2. The molecular formula is C74H86N8. The Kier molecular flexibility index (Phi) is 16.5. The summed E-state index contributed by atoms with van der Waals surface area (Å²) >= 11 is 0. The molecule has 8 nitrogen and oxygen atoms in total. The monoisotopic (exact) mass is 1090 g/mol. The van der Waals surface area contributed by atoms with Gasteiger partial charge in [0.25, 0.3) is 0 Å². The number of nitrogens with one attached hydrogen (secondary N) is 4. The molecule has 0 saturated carbocycles. The highest BCUT2D eigenvalue weighted by Gasteiger charge is 2.24. The van der Waals surface area contributed by atoms with Gasteiger partial charge in [-0.3, -0.25) is 0 Å². The Hall–Kier alpha value is -7.58. The number of aromatic nitrogens is 8. The topological polar surface area (TPSA) is 115 Å². The van der Waals surface area contributed by atoms with E-state index in [0.717, 1.165) is 215 Å². The van der Waals surface area contributed by atoms with Crippen LogP contribution in [-0.4, -0.2) is 39.9 Å². The Morgan fingerprint density at radius 2 is 0.585 bits per heavy atom. The van der Waals surface area contributed by atoms with E-state index in [9.17, 15) is 0 Å². The van der Waals surface area contributed by atoms with Gasteiger partial charge in [-0.1, -0.05) is 99.3 Å². The van der Waals surface area contributed by atoms with Crippen molar-refractivity contribution in [1.82, 2.24) is 39.9 Å². The van der Waals surface area contributed by atoms with Crippen molar-refractivity contribution in [2.45, 2.75) is 186 Å². The average molecular weight is 1090 g/mol. The number of benzene rings is 1. The van der Waals surface area contributed by atoms with Gasteiger partial charge in [0.2, 0.25) is 0 Å². The second-order valence-electron chi connectivity index (χ2n) is 23.4. The third-order valence-electron chi connectivity index (χ3n) is 18.1. The zero-order valence-electron chi connectivity index (χ0n) is 51.2. The van der Waals surface area contributed by atoms with Crippen molar-refractivity contribution >= 4 is 88.7 Å². The fraction of sp³-hybridized carbons (Fsp3) is 0.378. The number of hydrogen-bond acceptors (Lipinski definition) is 4. The molecule has 0 aliphatic carbocycles. The quantitative estimate of drug-likeness (QED) is 0.0685. The SMILES string of the molecule is CCCCC1=C(C)c2cc3[nH]c(cc4nc(cc5[nH]c(cc1n2)cc5-c1cccc(-c2cc5cc6nc(cc7[nH]c(cc8nc(cc2[nH]5)C(CCCC)=C8C)c(CC)c7CC)C(C)=C6CCCC)c1)C(CCCC)=C4C)c(CC)c3CC. The van der Waals surface area contributed by atoms with Gasteiger partial charge in [0.1, 0.15) is 0 Å².